The third-order valence-corrected chi connectivity index (χ3v) is 8.51. The number of rotatable bonds is 26. The van der Waals surface area contributed by atoms with Gasteiger partial charge in [-0.25, -0.2) is 0 Å². The van der Waals surface area contributed by atoms with Crippen LogP contribution in [0, 0.1) is 41.4 Å². The Kier molecular flexibility index (Phi) is 24.7. The summed E-state index contributed by atoms with van der Waals surface area (Å²) >= 11 is 3.58. The van der Waals surface area contributed by atoms with Gasteiger partial charge < -0.3 is 9.47 Å². The van der Waals surface area contributed by atoms with Crippen LogP contribution in [0.5, 0.6) is 0 Å². The Balaban J connectivity index is 3.88. The van der Waals surface area contributed by atoms with Crippen molar-refractivity contribution in [2.45, 2.75) is 145 Å². The molecule has 0 saturated heterocycles. The first kappa shape index (κ1) is 36.4. The molecule has 0 fully saturated rings. The average molecular weight is 576 g/mol. The molecule has 36 heavy (non-hydrogen) atoms. The molecular weight excluding hydrogens is 508 g/mol. The van der Waals surface area contributed by atoms with Gasteiger partial charge in [0.25, 0.3) is 0 Å². The van der Waals surface area contributed by atoms with Crippen molar-refractivity contribution in [3.8, 4) is 0 Å². The van der Waals surface area contributed by atoms with Crippen LogP contribution in [0.4, 0.5) is 0 Å². The van der Waals surface area contributed by atoms with Crippen LogP contribution >= 0.6 is 15.9 Å². The minimum atomic E-state index is 0.473. The van der Waals surface area contributed by atoms with Gasteiger partial charge in [0.15, 0.2) is 0 Å². The van der Waals surface area contributed by atoms with Crippen LogP contribution < -0.4 is 0 Å². The maximum Gasteiger partial charge on any atom is 0.146 e. The number of hydrogen-bond acceptors (Lipinski definition) is 2. The van der Waals surface area contributed by atoms with Gasteiger partial charge in [0, 0.05) is 18.5 Å². The fraction of sp³-hybridized carbons (Fsp3) is 1.00. The van der Waals surface area contributed by atoms with E-state index in [1.54, 1.807) is 0 Å². The lowest BCUT2D eigenvalue weighted by Crippen LogP contribution is -2.14. The van der Waals surface area contributed by atoms with Crippen LogP contribution in [0.25, 0.3) is 0 Å². The zero-order valence-corrected chi connectivity index (χ0v) is 27.5. The first-order valence-electron chi connectivity index (χ1n) is 15.9. The molecular formula is C33H67BrO2. The van der Waals surface area contributed by atoms with Crippen molar-refractivity contribution in [3.05, 3.63) is 0 Å². The van der Waals surface area contributed by atoms with Gasteiger partial charge in [0.05, 0.1) is 0 Å². The summed E-state index contributed by atoms with van der Waals surface area (Å²) in [6, 6.07) is 0. The molecule has 3 heteroatoms. The van der Waals surface area contributed by atoms with E-state index in [0.29, 0.717) is 6.79 Å². The van der Waals surface area contributed by atoms with Crippen molar-refractivity contribution in [3.63, 3.8) is 0 Å². The van der Waals surface area contributed by atoms with Crippen LogP contribution in [0.3, 0.4) is 0 Å². The predicted molar refractivity (Wildman–Crippen MR) is 165 cm³/mol. The first-order chi connectivity index (χ1) is 17.2. The Labute approximate surface area is 237 Å². The van der Waals surface area contributed by atoms with Crippen LogP contribution in [-0.4, -0.2) is 25.3 Å². The van der Waals surface area contributed by atoms with Gasteiger partial charge in [-0.1, -0.05) is 90.6 Å². The standard InChI is InChI=1S/C33H67BrO2/c1-9-10-11-12-18-35-26-36-19-14-16-28(3)21-30(5)23-32(7)25-33(8)24-31(6)22-29(4)20-27(2)15-13-17-34/h27-33H,9-26H2,1-8H3. The summed E-state index contributed by atoms with van der Waals surface area (Å²) in [7, 11) is 0. The topological polar surface area (TPSA) is 18.5 Å². The fourth-order valence-corrected chi connectivity index (χ4v) is 6.93. The molecule has 7 unspecified atom stereocenters. The van der Waals surface area contributed by atoms with E-state index in [1.165, 1.54) is 83.5 Å². The highest BCUT2D eigenvalue weighted by atomic mass is 79.9. The Morgan fingerprint density at radius 2 is 0.861 bits per heavy atom. The summed E-state index contributed by atoms with van der Waals surface area (Å²) in [4.78, 5) is 0. The maximum atomic E-state index is 5.67. The summed E-state index contributed by atoms with van der Waals surface area (Å²) in [5.74, 6) is 5.91. The third kappa shape index (κ3) is 23.5. The minimum absolute atomic E-state index is 0.473. The second kappa shape index (κ2) is 24.4. The van der Waals surface area contributed by atoms with Gasteiger partial charge in [0.1, 0.15) is 6.79 Å². The number of ether oxygens (including phenoxy) is 2. The van der Waals surface area contributed by atoms with E-state index in [1.807, 2.05) is 0 Å². The smallest absolute Gasteiger partial charge is 0.146 e. The van der Waals surface area contributed by atoms with Gasteiger partial charge in [-0.3, -0.25) is 0 Å². The van der Waals surface area contributed by atoms with E-state index in [2.05, 4.69) is 71.3 Å². The fourth-order valence-electron chi connectivity index (χ4n) is 6.61. The van der Waals surface area contributed by atoms with Gasteiger partial charge in [-0.15, -0.1) is 0 Å². The highest BCUT2D eigenvalue weighted by Gasteiger charge is 2.18. The molecule has 218 valence electrons. The average Bonchev–Trinajstić information content (AvgIpc) is 2.78. The Bertz CT molecular complexity index is 457. The van der Waals surface area contributed by atoms with Gasteiger partial charge >= 0.3 is 0 Å². The van der Waals surface area contributed by atoms with Crippen molar-refractivity contribution in [2.24, 2.45) is 41.4 Å². The first-order valence-corrected chi connectivity index (χ1v) is 17.0. The molecule has 0 amide bonds. The maximum absolute atomic E-state index is 5.67. The van der Waals surface area contributed by atoms with E-state index in [0.717, 1.165) is 66.4 Å². The van der Waals surface area contributed by atoms with Crippen LogP contribution in [-0.2, 0) is 9.47 Å². The molecule has 2 nitrogen and oxygen atoms in total. The lowest BCUT2D eigenvalue weighted by atomic mass is 9.80. The SMILES string of the molecule is CCCCCCOCOCCCC(C)CC(C)CC(C)CC(C)CC(C)CC(C)CC(C)CCCBr. The second-order valence-electron chi connectivity index (χ2n) is 13.1. The quantitative estimate of drug-likeness (QED) is 0.0580. The summed E-state index contributed by atoms with van der Waals surface area (Å²) in [6.07, 6.45) is 18.5. The number of hydrogen-bond donors (Lipinski definition) is 0. The molecule has 0 N–H and O–H groups in total. The molecule has 0 saturated carbocycles. The van der Waals surface area contributed by atoms with E-state index in [4.69, 9.17) is 9.47 Å². The summed E-state index contributed by atoms with van der Waals surface area (Å²) < 4.78 is 11.2. The molecule has 0 radical (unpaired) electrons. The van der Waals surface area contributed by atoms with E-state index in [-0.39, 0.29) is 0 Å². The van der Waals surface area contributed by atoms with E-state index in [9.17, 15) is 0 Å². The normalized spacial score (nSPS) is 17.9. The largest absolute Gasteiger partial charge is 0.355 e. The van der Waals surface area contributed by atoms with Crippen molar-refractivity contribution in [1.82, 2.24) is 0 Å². The molecule has 0 rings (SSSR count). The van der Waals surface area contributed by atoms with Crippen LogP contribution in [0.15, 0.2) is 0 Å². The highest BCUT2D eigenvalue weighted by molar-refractivity contribution is 9.09. The van der Waals surface area contributed by atoms with Crippen LogP contribution in [0.1, 0.15) is 145 Å². The lowest BCUT2D eigenvalue weighted by molar-refractivity contribution is -0.0561. The summed E-state index contributed by atoms with van der Waals surface area (Å²) in [5, 5.41) is 1.15. The molecule has 0 aromatic carbocycles. The van der Waals surface area contributed by atoms with Crippen molar-refractivity contribution < 1.29 is 9.47 Å². The summed E-state index contributed by atoms with van der Waals surface area (Å²) in [5.41, 5.74) is 0. The van der Waals surface area contributed by atoms with Crippen molar-refractivity contribution in [1.29, 1.82) is 0 Å². The number of halogens is 1. The molecule has 0 aromatic rings. The molecule has 7 atom stereocenters. The zero-order chi connectivity index (χ0) is 27.2. The summed E-state index contributed by atoms with van der Waals surface area (Å²) in [6.45, 7) is 21.7. The van der Waals surface area contributed by atoms with Crippen molar-refractivity contribution in [2.75, 3.05) is 25.3 Å². The molecule has 0 bridgehead atoms. The molecule has 0 spiro atoms. The monoisotopic (exact) mass is 574 g/mol. The molecule has 0 aromatic heterocycles. The van der Waals surface area contributed by atoms with Crippen LogP contribution in [0.2, 0.25) is 0 Å². The predicted octanol–water partition coefficient (Wildman–Crippen LogP) is 11.3. The third-order valence-electron chi connectivity index (χ3n) is 7.95. The molecule has 0 aliphatic rings. The minimum Gasteiger partial charge on any atom is -0.355 e. The Hall–Kier alpha value is 0.400. The lowest BCUT2D eigenvalue weighted by Gasteiger charge is -2.26. The number of alkyl halides is 1. The van der Waals surface area contributed by atoms with Gasteiger partial charge in [-0.05, 0) is 112 Å². The zero-order valence-electron chi connectivity index (χ0n) is 26.0. The van der Waals surface area contributed by atoms with E-state index >= 15 is 0 Å². The van der Waals surface area contributed by atoms with Gasteiger partial charge in [-0.2, -0.15) is 0 Å². The number of unbranched alkanes of at least 4 members (excludes halogenated alkanes) is 3. The Morgan fingerprint density at radius 3 is 1.28 bits per heavy atom. The second-order valence-corrected chi connectivity index (χ2v) is 13.9. The highest BCUT2D eigenvalue weighted by Crippen LogP contribution is 2.30. The van der Waals surface area contributed by atoms with E-state index < -0.39 is 0 Å². The molecule has 0 aliphatic heterocycles. The molecule has 0 heterocycles. The van der Waals surface area contributed by atoms with Crippen molar-refractivity contribution >= 4 is 15.9 Å². The molecule has 0 aliphatic carbocycles. The Morgan fingerprint density at radius 1 is 0.472 bits per heavy atom. The van der Waals surface area contributed by atoms with Gasteiger partial charge in [0.2, 0.25) is 0 Å².